The SMILES string of the molecule is CCCCc1ncc(CN2CCOCC2c2ccn[nH]2)[nH]1. The number of imidazole rings is 1. The number of ether oxygens (including phenoxy) is 1. The summed E-state index contributed by atoms with van der Waals surface area (Å²) in [7, 11) is 0. The van der Waals surface area contributed by atoms with Crippen LogP contribution in [0.25, 0.3) is 0 Å². The number of nitrogens with one attached hydrogen (secondary N) is 2. The molecule has 0 amide bonds. The highest BCUT2D eigenvalue weighted by molar-refractivity contribution is 5.08. The van der Waals surface area contributed by atoms with Crippen molar-refractivity contribution in [2.45, 2.75) is 38.8 Å². The Morgan fingerprint density at radius 2 is 2.43 bits per heavy atom. The standard InChI is InChI=1S/C15H23N5O/c1-2-3-4-15-16-9-12(18-15)10-20-7-8-21-11-14(20)13-5-6-17-19-13/h5-6,9,14H,2-4,7-8,10-11H2,1H3,(H,16,18)(H,17,19). The van der Waals surface area contributed by atoms with Gasteiger partial charge in [0.1, 0.15) is 5.82 Å². The van der Waals surface area contributed by atoms with Crippen LogP contribution in [-0.2, 0) is 17.7 Å². The van der Waals surface area contributed by atoms with Gasteiger partial charge in [-0.3, -0.25) is 10.00 Å². The van der Waals surface area contributed by atoms with E-state index in [1.165, 1.54) is 18.5 Å². The van der Waals surface area contributed by atoms with Crippen molar-refractivity contribution in [3.8, 4) is 0 Å². The minimum atomic E-state index is 0.239. The summed E-state index contributed by atoms with van der Waals surface area (Å²) in [6.07, 6.45) is 7.16. The van der Waals surface area contributed by atoms with Gasteiger partial charge in [0.15, 0.2) is 0 Å². The summed E-state index contributed by atoms with van der Waals surface area (Å²) in [6.45, 7) is 5.48. The summed E-state index contributed by atoms with van der Waals surface area (Å²) < 4.78 is 5.62. The van der Waals surface area contributed by atoms with Gasteiger partial charge in [-0.25, -0.2) is 4.98 Å². The van der Waals surface area contributed by atoms with Gasteiger partial charge >= 0.3 is 0 Å². The van der Waals surface area contributed by atoms with E-state index in [2.05, 4.69) is 32.0 Å². The van der Waals surface area contributed by atoms with Crippen LogP contribution >= 0.6 is 0 Å². The first kappa shape index (κ1) is 14.3. The first-order valence-electron chi connectivity index (χ1n) is 7.70. The number of nitrogens with zero attached hydrogens (tertiary/aromatic N) is 3. The van der Waals surface area contributed by atoms with Gasteiger partial charge in [0, 0.05) is 37.6 Å². The third-order valence-corrected chi connectivity index (χ3v) is 3.94. The third kappa shape index (κ3) is 3.51. The fourth-order valence-electron chi connectivity index (χ4n) is 2.74. The predicted octanol–water partition coefficient (Wildman–Crippen LogP) is 2.05. The minimum absolute atomic E-state index is 0.239. The molecule has 0 aromatic carbocycles. The highest BCUT2D eigenvalue weighted by Gasteiger charge is 2.26. The summed E-state index contributed by atoms with van der Waals surface area (Å²) in [6, 6.07) is 2.26. The number of H-pyrrole nitrogens is 2. The zero-order valence-corrected chi connectivity index (χ0v) is 12.5. The topological polar surface area (TPSA) is 69.8 Å². The first-order valence-corrected chi connectivity index (χ1v) is 7.70. The Hall–Kier alpha value is -1.66. The molecule has 6 nitrogen and oxygen atoms in total. The van der Waals surface area contributed by atoms with E-state index in [1.54, 1.807) is 6.20 Å². The van der Waals surface area contributed by atoms with Gasteiger partial charge in [-0.15, -0.1) is 0 Å². The lowest BCUT2D eigenvalue weighted by atomic mass is 10.1. The molecule has 21 heavy (non-hydrogen) atoms. The molecule has 0 saturated carbocycles. The average Bonchev–Trinajstić information content (AvgIpc) is 3.17. The molecule has 2 aromatic heterocycles. The van der Waals surface area contributed by atoms with Crippen molar-refractivity contribution in [2.24, 2.45) is 0 Å². The number of morpholine rings is 1. The Bertz CT molecular complexity index is 536. The van der Waals surface area contributed by atoms with E-state index in [4.69, 9.17) is 4.74 Å². The molecule has 1 atom stereocenters. The second-order valence-electron chi connectivity index (χ2n) is 5.53. The lowest BCUT2D eigenvalue weighted by Crippen LogP contribution is -2.39. The molecule has 0 bridgehead atoms. The molecule has 3 rings (SSSR count). The minimum Gasteiger partial charge on any atom is -0.378 e. The predicted molar refractivity (Wildman–Crippen MR) is 79.8 cm³/mol. The summed E-state index contributed by atoms with van der Waals surface area (Å²) in [5.41, 5.74) is 2.29. The zero-order valence-electron chi connectivity index (χ0n) is 12.5. The molecule has 1 unspecified atom stereocenters. The molecule has 1 saturated heterocycles. The van der Waals surface area contributed by atoms with Crippen LogP contribution in [-0.4, -0.2) is 44.8 Å². The van der Waals surface area contributed by atoms with E-state index in [-0.39, 0.29) is 6.04 Å². The van der Waals surface area contributed by atoms with Gasteiger partial charge in [-0.2, -0.15) is 5.10 Å². The molecule has 1 aliphatic heterocycles. The summed E-state index contributed by atoms with van der Waals surface area (Å²) >= 11 is 0. The molecule has 0 aliphatic carbocycles. The lowest BCUT2D eigenvalue weighted by molar-refractivity contribution is -0.0147. The second kappa shape index (κ2) is 6.87. The van der Waals surface area contributed by atoms with Gasteiger partial charge < -0.3 is 9.72 Å². The van der Waals surface area contributed by atoms with Crippen molar-refractivity contribution in [1.82, 2.24) is 25.1 Å². The van der Waals surface area contributed by atoms with E-state index in [1.807, 2.05) is 12.3 Å². The van der Waals surface area contributed by atoms with Crippen LogP contribution in [0.15, 0.2) is 18.5 Å². The van der Waals surface area contributed by atoms with Crippen LogP contribution in [0, 0.1) is 0 Å². The van der Waals surface area contributed by atoms with Crippen molar-refractivity contribution in [3.05, 3.63) is 35.7 Å². The van der Waals surface area contributed by atoms with Crippen LogP contribution in [0.1, 0.15) is 43.0 Å². The largest absolute Gasteiger partial charge is 0.378 e. The zero-order chi connectivity index (χ0) is 14.5. The van der Waals surface area contributed by atoms with Crippen molar-refractivity contribution >= 4 is 0 Å². The second-order valence-corrected chi connectivity index (χ2v) is 5.53. The third-order valence-electron chi connectivity index (χ3n) is 3.94. The van der Waals surface area contributed by atoms with Crippen LogP contribution in [0.2, 0.25) is 0 Å². The number of rotatable bonds is 6. The van der Waals surface area contributed by atoms with Crippen LogP contribution < -0.4 is 0 Å². The molecule has 114 valence electrons. The number of unbranched alkanes of at least 4 members (excludes halogenated alkanes) is 1. The van der Waals surface area contributed by atoms with E-state index < -0.39 is 0 Å². The molecule has 6 heteroatoms. The number of hydrogen-bond acceptors (Lipinski definition) is 4. The van der Waals surface area contributed by atoms with Crippen molar-refractivity contribution in [1.29, 1.82) is 0 Å². The Labute approximate surface area is 124 Å². The molecular formula is C15H23N5O. The molecule has 3 heterocycles. The fraction of sp³-hybridized carbons (Fsp3) is 0.600. The van der Waals surface area contributed by atoms with Crippen LogP contribution in [0.5, 0.6) is 0 Å². The lowest BCUT2D eigenvalue weighted by Gasteiger charge is -2.34. The molecule has 0 spiro atoms. The molecule has 2 aromatic rings. The number of aromatic amines is 2. The maximum Gasteiger partial charge on any atom is 0.106 e. The Balaban J connectivity index is 1.65. The average molecular weight is 289 g/mol. The molecule has 1 fully saturated rings. The van der Waals surface area contributed by atoms with E-state index in [0.29, 0.717) is 6.61 Å². The highest BCUT2D eigenvalue weighted by atomic mass is 16.5. The van der Waals surface area contributed by atoms with Gasteiger partial charge in [-0.1, -0.05) is 13.3 Å². The first-order chi connectivity index (χ1) is 10.4. The fourth-order valence-corrected chi connectivity index (χ4v) is 2.74. The highest BCUT2D eigenvalue weighted by Crippen LogP contribution is 2.23. The normalized spacial score (nSPS) is 20.0. The van der Waals surface area contributed by atoms with E-state index in [0.717, 1.165) is 37.6 Å². The van der Waals surface area contributed by atoms with Gasteiger partial charge in [0.05, 0.1) is 24.9 Å². The Kier molecular flexibility index (Phi) is 4.67. The number of aryl methyl sites for hydroxylation is 1. The molecule has 0 radical (unpaired) electrons. The maximum atomic E-state index is 5.62. The molecule has 1 aliphatic rings. The summed E-state index contributed by atoms with van der Waals surface area (Å²) in [4.78, 5) is 10.3. The van der Waals surface area contributed by atoms with Gasteiger partial charge in [-0.05, 0) is 12.5 Å². The van der Waals surface area contributed by atoms with Crippen LogP contribution in [0.3, 0.4) is 0 Å². The van der Waals surface area contributed by atoms with Crippen molar-refractivity contribution in [3.63, 3.8) is 0 Å². The van der Waals surface area contributed by atoms with Crippen molar-refractivity contribution in [2.75, 3.05) is 19.8 Å². The van der Waals surface area contributed by atoms with Crippen molar-refractivity contribution < 1.29 is 4.74 Å². The quantitative estimate of drug-likeness (QED) is 0.854. The van der Waals surface area contributed by atoms with Gasteiger partial charge in [0.2, 0.25) is 0 Å². The van der Waals surface area contributed by atoms with Crippen LogP contribution in [0.4, 0.5) is 0 Å². The Morgan fingerprint density at radius 1 is 1.48 bits per heavy atom. The monoisotopic (exact) mass is 289 g/mol. The smallest absolute Gasteiger partial charge is 0.106 e. The maximum absolute atomic E-state index is 5.62. The summed E-state index contributed by atoms with van der Waals surface area (Å²) in [5, 5.41) is 7.11. The molecular weight excluding hydrogens is 266 g/mol. The van der Waals surface area contributed by atoms with E-state index >= 15 is 0 Å². The summed E-state index contributed by atoms with van der Waals surface area (Å²) in [5.74, 6) is 1.10. The molecule has 2 N–H and O–H groups in total. The van der Waals surface area contributed by atoms with Gasteiger partial charge in [0.25, 0.3) is 0 Å². The number of hydrogen-bond donors (Lipinski definition) is 2. The number of aromatic nitrogens is 4. The van der Waals surface area contributed by atoms with E-state index in [9.17, 15) is 0 Å². The Morgan fingerprint density at radius 3 is 3.24 bits per heavy atom.